The van der Waals surface area contributed by atoms with Crippen molar-refractivity contribution in [3.63, 3.8) is 0 Å². The van der Waals surface area contributed by atoms with Gasteiger partial charge < -0.3 is 24.7 Å². The fourth-order valence-corrected chi connectivity index (χ4v) is 5.89. The third-order valence-electron chi connectivity index (χ3n) is 8.35. The molecular formula is C34H37N3O5. The van der Waals surface area contributed by atoms with Gasteiger partial charge in [0.25, 0.3) is 0 Å². The van der Waals surface area contributed by atoms with Gasteiger partial charge in [0.15, 0.2) is 0 Å². The molecule has 42 heavy (non-hydrogen) atoms. The predicted molar refractivity (Wildman–Crippen MR) is 160 cm³/mol. The second kappa shape index (κ2) is 13.4. The molecule has 3 N–H and O–H groups in total. The summed E-state index contributed by atoms with van der Waals surface area (Å²) >= 11 is 0. The highest BCUT2D eigenvalue weighted by Gasteiger charge is 2.31. The first kappa shape index (κ1) is 28.9. The van der Waals surface area contributed by atoms with Crippen LogP contribution in [0.25, 0.3) is 11.4 Å². The zero-order valence-corrected chi connectivity index (χ0v) is 23.5. The minimum absolute atomic E-state index is 0.101. The summed E-state index contributed by atoms with van der Waals surface area (Å²) < 4.78 is 3.99. The molecule has 2 aromatic carbocycles. The van der Waals surface area contributed by atoms with E-state index in [1.54, 1.807) is 0 Å². The lowest BCUT2D eigenvalue weighted by molar-refractivity contribution is -0.143. The van der Waals surface area contributed by atoms with Gasteiger partial charge in [-0.3, -0.25) is 14.4 Å². The monoisotopic (exact) mass is 567 g/mol. The van der Waals surface area contributed by atoms with E-state index in [0.29, 0.717) is 38.5 Å². The molecule has 2 atom stereocenters. The molecule has 1 fully saturated rings. The summed E-state index contributed by atoms with van der Waals surface area (Å²) in [4.78, 5) is 37.4. The Labute approximate surface area is 245 Å². The Kier molecular flexibility index (Phi) is 9.21. The molecule has 2 heterocycles. The maximum atomic E-state index is 13.6. The van der Waals surface area contributed by atoms with E-state index in [1.165, 1.54) is 0 Å². The highest BCUT2D eigenvalue weighted by Crippen LogP contribution is 2.27. The first-order chi connectivity index (χ1) is 20.4. The minimum atomic E-state index is -0.924. The quantitative estimate of drug-likeness (QED) is 0.209. The standard InChI is InChI=1S/C34H37N3O5/c38-32(35-29-11-9-26(10-12-29)33(39)40)27(21-24-5-13-30(14-6-24)36-17-1-2-18-36)23-28(34(41)42)22-25-7-15-31(16-8-25)37-19-3-4-20-37/h1-8,13-20,26-29H,9-12,21-23H2,(H,35,38)(H,39,40)(H,41,42)/t26?,27-,28+,29?/m1/s1. The number of nitrogens with zero attached hydrogens (tertiary/aromatic N) is 2. The molecule has 8 heteroatoms. The second-order valence-corrected chi connectivity index (χ2v) is 11.3. The molecule has 218 valence electrons. The second-order valence-electron chi connectivity index (χ2n) is 11.3. The molecule has 1 saturated carbocycles. The van der Waals surface area contributed by atoms with Crippen molar-refractivity contribution in [3.8, 4) is 11.4 Å². The van der Waals surface area contributed by atoms with E-state index >= 15 is 0 Å². The zero-order chi connectivity index (χ0) is 29.5. The molecule has 1 amide bonds. The first-order valence-electron chi connectivity index (χ1n) is 14.6. The summed E-state index contributed by atoms with van der Waals surface area (Å²) in [6.07, 6.45) is 11.1. The van der Waals surface area contributed by atoms with Crippen molar-refractivity contribution in [3.05, 3.63) is 109 Å². The number of carboxylic acids is 2. The SMILES string of the molecule is O=C(O)C1CCC(NC(=O)[C@H](Cc2ccc(-n3cccc3)cc2)C[C@H](Cc2ccc(-n3cccc3)cc2)C(=O)O)CC1. The van der Waals surface area contributed by atoms with Crippen molar-refractivity contribution in [1.29, 1.82) is 0 Å². The van der Waals surface area contributed by atoms with Crippen molar-refractivity contribution in [2.24, 2.45) is 17.8 Å². The van der Waals surface area contributed by atoms with Crippen LogP contribution in [-0.2, 0) is 27.2 Å². The number of carbonyl (C=O) groups excluding carboxylic acids is 1. The molecule has 4 aromatic rings. The van der Waals surface area contributed by atoms with Crippen LogP contribution >= 0.6 is 0 Å². The van der Waals surface area contributed by atoms with Crippen LogP contribution < -0.4 is 5.32 Å². The zero-order valence-electron chi connectivity index (χ0n) is 23.5. The van der Waals surface area contributed by atoms with Crippen LogP contribution in [0.3, 0.4) is 0 Å². The molecule has 1 aliphatic carbocycles. The van der Waals surface area contributed by atoms with Gasteiger partial charge in [0, 0.05) is 48.1 Å². The maximum Gasteiger partial charge on any atom is 0.306 e. The topological polar surface area (TPSA) is 114 Å². The number of nitrogens with one attached hydrogen (secondary N) is 1. The van der Waals surface area contributed by atoms with E-state index in [1.807, 2.05) is 107 Å². The van der Waals surface area contributed by atoms with Crippen LogP contribution in [0.4, 0.5) is 0 Å². The van der Waals surface area contributed by atoms with E-state index in [-0.39, 0.29) is 24.3 Å². The van der Waals surface area contributed by atoms with E-state index in [9.17, 15) is 24.6 Å². The van der Waals surface area contributed by atoms with Gasteiger partial charge >= 0.3 is 11.9 Å². The summed E-state index contributed by atoms with van der Waals surface area (Å²) in [5.41, 5.74) is 3.86. The summed E-state index contributed by atoms with van der Waals surface area (Å²) in [5, 5.41) is 22.6. The van der Waals surface area contributed by atoms with Gasteiger partial charge in [0.05, 0.1) is 11.8 Å². The predicted octanol–water partition coefficient (Wildman–Crippen LogP) is 5.52. The Hall–Kier alpha value is -4.59. The Morgan fingerprint density at radius 3 is 1.57 bits per heavy atom. The van der Waals surface area contributed by atoms with Crippen molar-refractivity contribution < 1.29 is 24.6 Å². The van der Waals surface area contributed by atoms with Gasteiger partial charge in [-0.25, -0.2) is 0 Å². The molecule has 5 rings (SSSR count). The van der Waals surface area contributed by atoms with Crippen molar-refractivity contribution in [2.75, 3.05) is 0 Å². The highest BCUT2D eigenvalue weighted by atomic mass is 16.4. The number of aliphatic carboxylic acids is 2. The molecule has 0 aliphatic heterocycles. The number of hydrogen-bond acceptors (Lipinski definition) is 3. The molecule has 0 unspecified atom stereocenters. The van der Waals surface area contributed by atoms with Crippen LogP contribution in [-0.4, -0.2) is 43.2 Å². The lowest BCUT2D eigenvalue weighted by atomic mass is 9.83. The van der Waals surface area contributed by atoms with Gasteiger partial charge in [-0.2, -0.15) is 0 Å². The molecule has 2 aromatic heterocycles. The van der Waals surface area contributed by atoms with Crippen molar-refractivity contribution >= 4 is 17.8 Å². The Morgan fingerprint density at radius 1 is 0.690 bits per heavy atom. The third kappa shape index (κ3) is 7.37. The molecule has 0 bridgehead atoms. The number of benzene rings is 2. The fraction of sp³-hybridized carbons (Fsp3) is 0.324. The van der Waals surface area contributed by atoms with E-state index in [0.717, 1.165) is 22.5 Å². The number of rotatable bonds is 12. The summed E-state index contributed by atoms with van der Waals surface area (Å²) in [6, 6.07) is 23.5. The highest BCUT2D eigenvalue weighted by molar-refractivity contribution is 5.80. The summed E-state index contributed by atoms with van der Waals surface area (Å²) in [7, 11) is 0. The number of carboxylic acid groups (broad SMARTS) is 2. The van der Waals surface area contributed by atoms with E-state index in [2.05, 4.69) is 5.32 Å². The Bertz CT molecular complexity index is 1450. The lowest BCUT2D eigenvalue weighted by Crippen LogP contribution is -2.43. The third-order valence-corrected chi connectivity index (χ3v) is 8.35. The van der Waals surface area contributed by atoms with Crippen LogP contribution in [0, 0.1) is 17.8 Å². The molecule has 0 radical (unpaired) electrons. The molecule has 0 saturated heterocycles. The molecule has 0 spiro atoms. The average molecular weight is 568 g/mol. The van der Waals surface area contributed by atoms with Crippen molar-refractivity contribution in [1.82, 2.24) is 14.5 Å². The number of hydrogen-bond donors (Lipinski definition) is 3. The number of carbonyl (C=O) groups is 3. The van der Waals surface area contributed by atoms with E-state index in [4.69, 9.17) is 0 Å². The van der Waals surface area contributed by atoms with Crippen molar-refractivity contribution in [2.45, 2.75) is 51.0 Å². The van der Waals surface area contributed by atoms with Gasteiger partial charge in [-0.15, -0.1) is 0 Å². The summed E-state index contributed by atoms with van der Waals surface area (Å²) in [6.45, 7) is 0. The fourth-order valence-electron chi connectivity index (χ4n) is 5.89. The van der Waals surface area contributed by atoms with Gasteiger partial charge in [-0.1, -0.05) is 24.3 Å². The van der Waals surface area contributed by atoms with Gasteiger partial charge in [0.1, 0.15) is 0 Å². The first-order valence-corrected chi connectivity index (χ1v) is 14.6. The summed E-state index contributed by atoms with van der Waals surface area (Å²) in [5.74, 6) is -3.52. The minimum Gasteiger partial charge on any atom is -0.481 e. The van der Waals surface area contributed by atoms with Crippen LogP contribution in [0.5, 0.6) is 0 Å². The lowest BCUT2D eigenvalue weighted by Gasteiger charge is -2.29. The number of aromatic nitrogens is 2. The molecular weight excluding hydrogens is 530 g/mol. The normalized spacial score (nSPS) is 18.2. The van der Waals surface area contributed by atoms with Gasteiger partial charge in [-0.05, 0) is 105 Å². The maximum absolute atomic E-state index is 13.6. The molecule has 1 aliphatic rings. The van der Waals surface area contributed by atoms with Gasteiger partial charge in [0.2, 0.25) is 5.91 Å². The smallest absolute Gasteiger partial charge is 0.306 e. The Morgan fingerprint density at radius 2 is 1.14 bits per heavy atom. The largest absolute Gasteiger partial charge is 0.481 e. The van der Waals surface area contributed by atoms with E-state index < -0.39 is 23.8 Å². The van der Waals surface area contributed by atoms with Crippen LogP contribution in [0.2, 0.25) is 0 Å². The average Bonchev–Trinajstić information content (AvgIpc) is 3.73. The van der Waals surface area contributed by atoms with Crippen LogP contribution in [0.1, 0.15) is 43.2 Å². The number of amides is 1. The molecule has 8 nitrogen and oxygen atoms in total. The van der Waals surface area contributed by atoms with Crippen LogP contribution in [0.15, 0.2) is 97.6 Å². The Balaban J connectivity index is 1.30.